The number of halogens is 1. The van der Waals surface area contributed by atoms with Crippen molar-refractivity contribution in [2.24, 2.45) is 0 Å². The lowest BCUT2D eigenvalue weighted by Crippen LogP contribution is -3.00. The van der Waals surface area contributed by atoms with Gasteiger partial charge in [0, 0.05) is 13.0 Å². The third-order valence-corrected chi connectivity index (χ3v) is 4.25. The van der Waals surface area contributed by atoms with E-state index < -0.39 is 0 Å². The quantitative estimate of drug-likeness (QED) is 0.272. The lowest BCUT2D eigenvalue weighted by Gasteiger charge is -2.39. The number of rotatable bonds is 14. The van der Waals surface area contributed by atoms with E-state index in [1.54, 1.807) is 0 Å². The minimum atomic E-state index is -0.0521. The Bertz CT molecular complexity index is 260. The normalized spacial score (nSPS) is 10.9. The highest BCUT2D eigenvalue weighted by Crippen LogP contribution is 2.15. The van der Waals surface area contributed by atoms with E-state index in [9.17, 15) is 4.79 Å². The number of hydrogen-bond acceptors (Lipinski definition) is 1. The Hall–Kier alpha value is -0.350. The molecule has 0 aliphatic rings. The summed E-state index contributed by atoms with van der Waals surface area (Å²) in [6.45, 7) is 16.2. The highest BCUT2D eigenvalue weighted by molar-refractivity contribution is 5.86. The second-order valence-corrected chi connectivity index (χ2v) is 6.15. The highest BCUT2D eigenvalue weighted by Gasteiger charge is 2.25. The summed E-state index contributed by atoms with van der Waals surface area (Å²) >= 11 is 0. The molecule has 0 heterocycles. The third kappa shape index (κ3) is 11.2. The zero-order chi connectivity index (χ0) is 16.0. The van der Waals surface area contributed by atoms with Crippen molar-refractivity contribution in [2.75, 3.05) is 32.7 Å². The fourth-order valence-corrected chi connectivity index (χ4v) is 2.85. The molecule has 0 atom stereocenters. The maximum absolute atomic E-state index is 11.2. The molecule has 0 aromatic heterocycles. The molecule has 1 N–H and O–H groups in total. The zero-order valence-electron chi connectivity index (χ0n) is 15.0. The smallest absolute Gasteiger partial charge is 0.243 e. The number of hydrogen-bond donors (Lipinski definition) is 1. The van der Waals surface area contributed by atoms with Crippen LogP contribution >= 0.6 is 0 Å². The monoisotopic (exact) mass is 376 g/mol. The summed E-state index contributed by atoms with van der Waals surface area (Å²) in [4.78, 5) is 11.2. The highest BCUT2D eigenvalue weighted by atomic mass is 79.9. The van der Waals surface area contributed by atoms with Crippen LogP contribution in [-0.2, 0) is 4.79 Å². The first-order chi connectivity index (χ1) is 10.1. The minimum Gasteiger partial charge on any atom is -1.00 e. The molecular formula is C18H37BrN2O. The van der Waals surface area contributed by atoms with Gasteiger partial charge in [0.05, 0.1) is 26.2 Å². The molecule has 3 nitrogen and oxygen atoms in total. The molecule has 0 rings (SSSR count). The van der Waals surface area contributed by atoms with Crippen molar-refractivity contribution in [2.45, 2.75) is 65.7 Å². The summed E-state index contributed by atoms with van der Waals surface area (Å²) in [6.07, 6.45) is 10.2. The Morgan fingerprint density at radius 3 is 1.68 bits per heavy atom. The van der Waals surface area contributed by atoms with Crippen LogP contribution in [0.5, 0.6) is 0 Å². The molecule has 0 unspecified atom stereocenters. The molecule has 0 aromatic rings. The molecule has 0 aliphatic carbocycles. The number of amides is 1. The fourth-order valence-electron chi connectivity index (χ4n) is 2.85. The van der Waals surface area contributed by atoms with Crippen molar-refractivity contribution in [1.29, 1.82) is 0 Å². The van der Waals surface area contributed by atoms with Crippen molar-refractivity contribution < 1.29 is 26.3 Å². The maximum atomic E-state index is 11.2. The predicted molar refractivity (Wildman–Crippen MR) is 92.3 cm³/mol. The van der Waals surface area contributed by atoms with E-state index in [2.05, 4.69) is 32.7 Å². The van der Waals surface area contributed by atoms with E-state index in [1.165, 1.54) is 75.3 Å². The SMILES string of the molecule is C=CC(=O)NCCC[N+](CCCC)(CCCC)CCCC.[Br-]. The lowest BCUT2D eigenvalue weighted by atomic mass is 10.1. The van der Waals surface area contributed by atoms with Gasteiger partial charge in [-0.2, -0.15) is 0 Å². The van der Waals surface area contributed by atoms with Gasteiger partial charge in [0.15, 0.2) is 0 Å². The van der Waals surface area contributed by atoms with Gasteiger partial charge in [-0.3, -0.25) is 4.79 Å². The van der Waals surface area contributed by atoms with Crippen molar-refractivity contribution in [3.63, 3.8) is 0 Å². The van der Waals surface area contributed by atoms with Crippen LogP contribution in [0.15, 0.2) is 12.7 Å². The van der Waals surface area contributed by atoms with Gasteiger partial charge in [-0.25, -0.2) is 0 Å². The van der Waals surface area contributed by atoms with E-state index in [0.29, 0.717) is 0 Å². The Morgan fingerprint density at radius 1 is 0.909 bits per heavy atom. The number of nitrogens with one attached hydrogen (secondary N) is 1. The Labute approximate surface area is 148 Å². The molecule has 1 amide bonds. The average Bonchev–Trinajstić information content (AvgIpc) is 2.52. The number of nitrogens with zero attached hydrogens (tertiary/aromatic N) is 1. The van der Waals surface area contributed by atoms with Crippen LogP contribution in [0.3, 0.4) is 0 Å². The second kappa shape index (κ2) is 15.5. The molecule has 132 valence electrons. The predicted octanol–water partition coefficient (Wildman–Crippen LogP) is 0.900. The molecule has 0 fully saturated rings. The van der Waals surface area contributed by atoms with Crippen LogP contribution in [0, 0.1) is 0 Å². The van der Waals surface area contributed by atoms with E-state index in [1.807, 2.05) is 0 Å². The van der Waals surface area contributed by atoms with Crippen molar-refractivity contribution in [3.05, 3.63) is 12.7 Å². The van der Waals surface area contributed by atoms with Crippen LogP contribution in [0.1, 0.15) is 65.7 Å². The zero-order valence-corrected chi connectivity index (χ0v) is 16.6. The van der Waals surface area contributed by atoms with Gasteiger partial charge in [-0.05, 0) is 25.3 Å². The molecule has 0 saturated carbocycles. The molecule has 0 aliphatic heterocycles. The van der Waals surface area contributed by atoms with E-state index >= 15 is 0 Å². The van der Waals surface area contributed by atoms with Crippen LogP contribution in [-0.4, -0.2) is 43.1 Å². The molecule has 22 heavy (non-hydrogen) atoms. The summed E-state index contributed by atoms with van der Waals surface area (Å²) in [5.74, 6) is -0.0521. The van der Waals surface area contributed by atoms with E-state index in [0.717, 1.165) is 13.0 Å². The lowest BCUT2D eigenvalue weighted by molar-refractivity contribution is -0.929. The Kier molecular flexibility index (Phi) is 16.9. The standard InChI is InChI=1S/C18H36N2O.BrH/c1-5-9-14-20(15-10-6-2,16-11-7-3)17-12-13-19-18(21)8-4;/h8H,4-7,9-17H2,1-3H3;1H. The first kappa shape index (κ1) is 23.9. The molecule has 4 heteroatoms. The maximum Gasteiger partial charge on any atom is 0.243 e. The van der Waals surface area contributed by atoms with Gasteiger partial charge < -0.3 is 26.8 Å². The van der Waals surface area contributed by atoms with Crippen LogP contribution in [0.25, 0.3) is 0 Å². The molecular weight excluding hydrogens is 340 g/mol. The third-order valence-electron chi connectivity index (χ3n) is 4.25. The topological polar surface area (TPSA) is 29.1 Å². The first-order valence-electron chi connectivity index (χ1n) is 8.89. The summed E-state index contributed by atoms with van der Waals surface area (Å²) in [6, 6.07) is 0. The Morgan fingerprint density at radius 2 is 1.32 bits per heavy atom. The van der Waals surface area contributed by atoms with Gasteiger partial charge in [0.25, 0.3) is 0 Å². The van der Waals surface area contributed by atoms with Crippen molar-refractivity contribution in [1.82, 2.24) is 5.32 Å². The minimum absolute atomic E-state index is 0. The number of carbonyl (C=O) groups excluding carboxylic acids is 1. The number of quaternary nitrogens is 1. The van der Waals surface area contributed by atoms with Crippen molar-refractivity contribution >= 4 is 5.91 Å². The molecule has 0 radical (unpaired) electrons. The van der Waals surface area contributed by atoms with Gasteiger partial charge in [0.2, 0.25) is 5.91 Å². The van der Waals surface area contributed by atoms with E-state index in [4.69, 9.17) is 0 Å². The molecule has 0 saturated heterocycles. The largest absolute Gasteiger partial charge is 1.00 e. The van der Waals surface area contributed by atoms with Crippen LogP contribution in [0.2, 0.25) is 0 Å². The van der Waals surface area contributed by atoms with Gasteiger partial charge in [-0.1, -0.05) is 46.6 Å². The van der Waals surface area contributed by atoms with Gasteiger partial charge >= 0.3 is 0 Å². The molecule has 0 bridgehead atoms. The summed E-state index contributed by atoms with van der Waals surface area (Å²) < 4.78 is 1.25. The average molecular weight is 377 g/mol. The Balaban J connectivity index is 0. The van der Waals surface area contributed by atoms with E-state index in [-0.39, 0.29) is 22.9 Å². The van der Waals surface area contributed by atoms with Crippen LogP contribution in [0.4, 0.5) is 0 Å². The van der Waals surface area contributed by atoms with Gasteiger partial charge in [0.1, 0.15) is 0 Å². The molecule has 0 aromatic carbocycles. The fraction of sp³-hybridized carbons (Fsp3) is 0.833. The van der Waals surface area contributed by atoms with Gasteiger partial charge in [-0.15, -0.1) is 0 Å². The molecule has 0 spiro atoms. The van der Waals surface area contributed by atoms with Crippen molar-refractivity contribution in [3.8, 4) is 0 Å². The summed E-state index contributed by atoms with van der Waals surface area (Å²) in [5.41, 5.74) is 0. The van der Waals surface area contributed by atoms with Crippen LogP contribution < -0.4 is 22.3 Å². The number of carbonyl (C=O) groups is 1. The summed E-state index contributed by atoms with van der Waals surface area (Å²) in [7, 11) is 0. The number of unbranched alkanes of at least 4 members (excludes halogenated alkanes) is 3. The first-order valence-corrected chi connectivity index (χ1v) is 8.89. The second-order valence-electron chi connectivity index (χ2n) is 6.15. The summed E-state index contributed by atoms with van der Waals surface area (Å²) in [5, 5.41) is 2.91.